The summed E-state index contributed by atoms with van der Waals surface area (Å²) in [5.74, 6) is 1.20. The Hall–Kier alpha value is -2.94. The highest BCUT2D eigenvalue weighted by molar-refractivity contribution is 7.11. The van der Waals surface area contributed by atoms with E-state index in [-0.39, 0.29) is 17.7 Å². The lowest BCUT2D eigenvalue weighted by Gasteiger charge is -2.26. The van der Waals surface area contributed by atoms with Crippen molar-refractivity contribution in [2.45, 2.75) is 32.9 Å². The molecule has 1 aromatic carbocycles. The van der Waals surface area contributed by atoms with Gasteiger partial charge in [-0.15, -0.1) is 16.4 Å². The van der Waals surface area contributed by atoms with Gasteiger partial charge in [-0.25, -0.2) is 9.67 Å². The van der Waals surface area contributed by atoms with Gasteiger partial charge in [0.2, 0.25) is 0 Å². The van der Waals surface area contributed by atoms with Gasteiger partial charge in [-0.2, -0.15) is 0 Å². The topological polar surface area (TPSA) is 91.2 Å². The summed E-state index contributed by atoms with van der Waals surface area (Å²) >= 11 is 1.66. The molecular weight excluding hydrogens is 378 g/mol. The van der Waals surface area contributed by atoms with E-state index in [1.54, 1.807) is 22.2 Å². The van der Waals surface area contributed by atoms with Crippen molar-refractivity contribution in [3.63, 3.8) is 0 Å². The van der Waals surface area contributed by atoms with Crippen LogP contribution in [0.15, 0.2) is 30.5 Å². The van der Waals surface area contributed by atoms with Gasteiger partial charge >= 0.3 is 0 Å². The van der Waals surface area contributed by atoms with Crippen LogP contribution in [-0.2, 0) is 13.0 Å². The van der Waals surface area contributed by atoms with Crippen molar-refractivity contribution in [2.75, 3.05) is 13.2 Å². The highest BCUT2D eigenvalue weighted by atomic mass is 32.1. The molecule has 28 heavy (non-hydrogen) atoms. The lowest BCUT2D eigenvalue weighted by molar-refractivity contribution is 0.0754. The summed E-state index contributed by atoms with van der Waals surface area (Å²) in [5.41, 5.74) is 1.33. The number of benzene rings is 1. The van der Waals surface area contributed by atoms with E-state index in [0.717, 1.165) is 16.5 Å². The second-order valence-electron chi connectivity index (χ2n) is 6.58. The quantitative estimate of drug-likeness (QED) is 0.683. The number of carbonyl (C=O) groups excluding carboxylic acids is 1. The Morgan fingerprint density at radius 2 is 2.14 bits per heavy atom. The fourth-order valence-electron chi connectivity index (χ4n) is 2.87. The fourth-order valence-corrected chi connectivity index (χ4v) is 3.81. The van der Waals surface area contributed by atoms with Crippen LogP contribution < -0.4 is 14.8 Å². The van der Waals surface area contributed by atoms with Crippen molar-refractivity contribution in [3.8, 4) is 11.5 Å². The largest absolute Gasteiger partial charge is 0.486 e. The zero-order chi connectivity index (χ0) is 19.5. The lowest BCUT2D eigenvalue weighted by Crippen LogP contribution is -2.33. The number of amides is 1. The van der Waals surface area contributed by atoms with Crippen LogP contribution >= 0.6 is 11.3 Å². The molecule has 0 bridgehead atoms. The zero-order valence-corrected chi connectivity index (χ0v) is 16.5. The molecule has 1 N–H and O–H groups in total. The maximum absolute atomic E-state index is 12.3. The van der Waals surface area contributed by atoms with Crippen LogP contribution in [0, 0.1) is 13.8 Å². The van der Waals surface area contributed by atoms with E-state index in [1.807, 2.05) is 38.1 Å². The number of ether oxygens (including phenoxy) is 2. The third kappa shape index (κ3) is 4.14. The third-order valence-electron chi connectivity index (χ3n) is 4.43. The molecule has 1 aliphatic heterocycles. The molecule has 3 aromatic rings. The number of thiazole rings is 1. The van der Waals surface area contributed by atoms with Crippen molar-refractivity contribution in [1.29, 1.82) is 0 Å². The van der Waals surface area contributed by atoms with Gasteiger partial charge in [0, 0.05) is 17.8 Å². The first kappa shape index (κ1) is 18.4. The van der Waals surface area contributed by atoms with Crippen molar-refractivity contribution in [2.24, 2.45) is 0 Å². The van der Waals surface area contributed by atoms with Crippen molar-refractivity contribution < 1.29 is 14.3 Å². The Kier molecular flexibility index (Phi) is 5.25. The Labute approximate surface area is 166 Å². The molecule has 1 unspecified atom stereocenters. The number of nitrogens with one attached hydrogen (secondary N) is 1. The van der Waals surface area contributed by atoms with Gasteiger partial charge in [0.25, 0.3) is 5.91 Å². The minimum Gasteiger partial charge on any atom is -0.486 e. The molecular formula is C19H21N5O3S. The molecule has 0 saturated heterocycles. The Morgan fingerprint density at radius 3 is 2.93 bits per heavy atom. The molecule has 0 spiro atoms. The second kappa shape index (κ2) is 7.97. The zero-order valence-electron chi connectivity index (χ0n) is 15.7. The van der Waals surface area contributed by atoms with E-state index in [2.05, 4.69) is 20.6 Å². The smallest absolute Gasteiger partial charge is 0.273 e. The van der Waals surface area contributed by atoms with Gasteiger partial charge in [0.1, 0.15) is 6.61 Å². The third-order valence-corrected chi connectivity index (χ3v) is 5.56. The van der Waals surface area contributed by atoms with Crippen molar-refractivity contribution in [3.05, 3.63) is 51.7 Å². The Bertz CT molecular complexity index is 964. The first-order valence-electron chi connectivity index (χ1n) is 9.08. The molecule has 2 aromatic heterocycles. The first-order valence-corrected chi connectivity index (χ1v) is 9.90. The molecule has 9 heteroatoms. The van der Waals surface area contributed by atoms with E-state index in [0.29, 0.717) is 31.9 Å². The lowest BCUT2D eigenvalue weighted by atomic mass is 10.2. The number of rotatable bonds is 6. The van der Waals surface area contributed by atoms with Crippen LogP contribution in [0.4, 0.5) is 0 Å². The average Bonchev–Trinajstić information content (AvgIpc) is 3.28. The van der Waals surface area contributed by atoms with Gasteiger partial charge in [0.05, 0.1) is 23.4 Å². The van der Waals surface area contributed by atoms with Crippen LogP contribution in [0.1, 0.15) is 26.1 Å². The molecule has 0 fully saturated rings. The van der Waals surface area contributed by atoms with Crippen LogP contribution in [0.2, 0.25) is 0 Å². The van der Waals surface area contributed by atoms with Crippen LogP contribution in [-0.4, -0.2) is 45.1 Å². The number of hydrogen-bond donors (Lipinski definition) is 1. The molecule has 1 aliphatic rings. The fraction of sp³-hybridized carbons (Fsp3) is 0.368. The molecule has 146 valence electrons. The van der Waals surface area contributed by atoms with Crippen LogP contribution in [0.3, 0.4) is 0 Å². The Balaban J connectivity index is 1.28. The number of aromatic nitrogens is 4. The SMILES string of the molecule is Cc1nc(CCNC(=O)c2cn(CC3COc4ccccc4O3)nn2)sc1C. The molecule has 1 amide bonds. The standard InChI is InChI=1S/C19H21N5O3S/c1-12-13(2)28-18(21-12)7-8-20-19(25)15-10-24(23-22-15)9-14-11-26-16-5-3-4-6-17(16)27-14/h3-6,10,14H,7-9,11H2,1-2H3,(H,20,25). The van der Waals surface area contributed by atoms with Gasteiger partial charge < -0.3 is 14.8 Å². The molecule has 0 radical (unpaired) electrons. The van der Waals surface area contributed by atoms with Crippen molar-refractivity contribution >= 4 is 17.2 Å². The number of para-hydroxylation sites is 2. The highest BCUT2D eigenvalue weighted by Gasteiger charge is 2.22. The number of aryl methyl sites for hydroxylation is 2. The summed E-state index contributed by atoms with van der Waals surface area (Å²) in [6, 6.07) is 7.55. The molecule has 4 rings (SSSR count). The summed E-state index contributed by atoms with van der Waals surface area (Å²) in [4.78, 5) is 18.0. The summed E-state index contributed by atoms with van der Waals surface area (Å²) in [6.45, 7) is 5.42. The normalized spacial score (nSPS) is 15.4. The van der Waals surface area contributed by atoms with Gasteiger partial charge in [0.15, 0.2) is 23.3 Å². The Morgan fingerprint density at radius 1 is 1.32 bits per heavy atom. The predicted molar refractivity (Wildman–Crippen MR) is 104 cm³/mol. The number of carbonyl (C=O) groups is 1. The molecule has 8 nitrogen and oxygen atoms in total. The van der Waals surface area contributed by atoms with E-state index < -0.39 is 0 Å². The summed E-state index contributed by atoms with van der Waals surface area (Å²) in [6.07, 6.45) is 2.13. The van der Waals surface area contributed by atoms with Crippen molar-refractivity contribution in [1.82, 2.24) is 25.3 Å². The minimum absolute atomic E-state index is 0.191. The van der Waals surface area contributed by atoms with E-state index >= 15 is 0 Å². The summed E-state index contributed by atoms with van der Waals surface area (Å²) in [5, 5.41) is 11.9. The van der Waals surface area contributed by atoms with Crippen LogP contribution in [0.25, 0.3) is 0 Å². The molecule has 0 aliphatic carbocycles. The first-order chi connectivity index (χ1) is 13.6. The predicted octanol–water partition coefficient (Wildman–Crippen LogP) is 2.16. The highest BCUT2D eigenvalue weighted by Crippen LogP contribution is 2.31. The summed E-state index contributed by atoms with van der Waals surface area (Å²) < 4.78 is 13.2. The van der Waals surface area contributed by atoms with Gasteiger partial charge in [-0.3, -0.25) is 4.79 Å². The maximum Gasteiger partial charge on any atom is 0.273 e. The van der Waals surface area contributed by atoms with E-state index in [9.17, 15) is 4.79 Å². The minimum atomic E-state index is -0.248. The van der Waals surface area contributed by atoms with E-state index in [4.69, 9.17) is 9.47 Å². The molecule has 1 atom stereocenters. The maximum atomic E-state index is 12.3. The average molecular weight is 399 g/mol. The summed E-state index contributed by atoms with van der Waals surface area (Å²) in [7, 11) is 0. The van der Waals surface area contributed by atoms with Gasteiger partial charge in [-0.05, 0) is 26.0 Å². The second-order valence-corrected chi connectivity index (χ2v) is 7.87. The molecule has 3 heterocycles. The number of fused-ring (bicyclic) bond motifs is 1. The van der Waals surface area contributed by atoms with Crippen LogP contribution in [0.5, 0.6) is 11.5 Å². The van der Waals surface area contributed by atoms with Gasteiger partial charge in [-0.1, -0.05) is 17.3 Å². The molecule has 0 saturated carbocycles. The number of hydrogen-bond acceptors (Lipinski definition) is 7. The number of nitrogens with zero attached hydrogens (tertiary/aromatic N) is 4. The monoisotopic (exact) mass is 399 g/mol. The van der Waals surface area contributed by atoms with E-state index in [1.165, 1.54) is 4.88 Å².